The van der Waals surface area contributed by atoms with Crippen LogP contribution in [0.5, 0.6) is 0 Å². The number of nitrogens with zero attached hydrogens (tertiary/aromatic N) is 7. The molecule has 0 aliphatic carbocycles. The molecule has 0 aromatic carbocycles. The number of aromatic nitrogens is 8. The van der Waals surface area contributed by atoms with Crippen molar-refractivity contribution in [1.82, 2.24) is 39.0 Å². The first-order chi connectivity index (χ1) is 20.8. The molecule has 6 heterocycles. The highest BCUT2D eigenvalue weighted by atomic mass is 32.7. The van der Waals surface area contributed by atoms with E-state index < -0.39 is 54.3 Å². The Labute approximate surface area is 261 Å². The van der Waals surface area contributed by atoms with Gasteiger partial charge in [0.25, 0.3) is 5.56 Å². The Balaban J connectivity index is 1.16. The number of H-pyrrole nitrogens is 1. The van der Waals surface area contributed by atoms with Crippen molar-refractivity contribution in [2.24, 2.45) is 0 Å². The van der Waals surface area contributed by atoms with Crippen molar-refractivity contribution in [1.29, 1.82) is 0 Å². The zero-order valence-corrected chi connectivity index (χ0v) is 26.5. The Kier molecular flexibility index (Phi) is 8.78. The van der Waals surface area contributed by atoms with E-state index in [9.17, 15) is 19.1 Å². The standard InChI is InChI=1S/C20H25FN10O8P2S3/c21-10-1-8(38-18(10)30-6-26-12-14(22)24-5-25-15(12)30)3-37-41(35,43)39-11-2-9(4-36-40(33,34)42)44-19(11)31-7-27-13-16(31)28-20(23)29-17(13)32/h5-11,18-19H,1-4H2,(H,35,43)(H2,22,24,25)(H2,33,34,42)(H3,23,28,29,32)/t8-,9-,10-,11+,18+,19+,41?/m0/s1. The summed E-state index contributed by atoms with van der Waals surface area (Å²) in [4.78, 5) is 54.1. The quantitative estimate of drug-likeness (QED) is 0.100. The summed E-state index contributed by atoms with van der Waals surface area (Å²) in [5, 5.41) is -1.13. The molecule has 0 radical (unpaired) electrons. The van der Waals surface area contributed by atoms with Gasteiger partial charge < -0.3 is 30.5 Å². The van der Waals surface area contributed by atoms with Crippen LogP contribution < -0.4 is 17.0 Å². The van der Waals surface area contributed by atoms with E-state index in [2.05, 4.69) is 54.0 Å². The van der Waals surface area contributed by atoms with Crippen LogP contribution in [0.3, 0.4) is 0 Å². The molecule has 2 aliphatic heterocycles. The minimum Gasteiger partial charge on any atom is -0.382 e. The summed E-state index contributed by atoms with van der Waals surface area (Å²) < 4.78 is 53.6. The van der Waals surface area contributed by atoms with Crippen molar-refractivity contribution in [3.05, 3.63) is 29.3 Å². The van der Waals surface area contributed by atoms with E-state index in [1.165, 1.54) is 39.9 Å². The smallest absolute Gasteiger partial charge is 0.382 e. The molecule has 4 aromatic heterocycles. The number of hydrogen-bond donors (Lipinski definition) is 6. The Hall–Kier alpha value is -2.23. The van der Waals surface area contributed by atoms with Gasteiger partial charge in [-0.3, -0.25) is 28.0 Å². The number of nitrogens with one attached hydrogen (secondary N) is 1. The molecular weight excluding hydrogens is 685 g/mol. The van der Waals surface area contributed by atoms with Crippen LogP contribution in [0, 0.1) is 0 Å². The van der Waals surface area contributed by atoms with Crippen LogP contribution >= 0.6 is 37.5 Å². The molecule has 24 heteroatoms. The number of aromatic amines is 1. The van der Waals surface area contributed by atoms with Crippen LogP contribution in [0.2, 0.25) is 0 Å². The summed E-state index contributed by atoms with van der Waals surface area (Å²) in [5.74, 6) is -0.00495. The third-order valence-corrected chi connectivity index (χ3v) is 10.7. The summed E-state index contributed by atoms with van der Waals surface area (Å²) in [6.45, 7) is -8.55. The number of nitrogens with two attached hydrogens (primary N) is 2. The first-order valence-corrected chi connectivity index (χ1v) is 19.0. The van der Waals surface area contributed by atoms with Crippen molar-refractivity contribution in [3.63, 3.8) is 0 Å². The van der Waals surface area contributed by atoms with Crippen LogP contribution in [-0.2, 0) is 34.7 Å². The minimum absolute atomic E-state index is 0.0123. The van der Waals surface area contributed by atoms with Gasteiger partial charge in [0.05, 0.1) is 38.1 Å². The van der Waals surface area contributed by atoms with Gasteiger partial charge in [0.2, 0.25) is 5.95 Å². The number of thioether (sulfide) groups is 1. The molecule has 1 unspecified atom stereocenters. The molecule has 4 aromatic rings. The zero-order chi connectivity index (χ0) is 31.4. The Bertz CT molecular complexity index is 1860. The Morgan fingerprint density at radius 3 is 2.66 bits per heavy atom. The van der Waals surface area contributed by atoms with E-state index in [-0.39, 0.29) is 49.0 Å². The van der Waals surface area contributed by atoms with Crippen molar-refractivity contribution in [3.8, 4) is 0 Å². The van der Waals surface area contributed by atoms with Gasteiger partial charge in [-0.2, -0.15) is 4.98 Å². The maximum absolute atomic E-state index is 15.0. The molecule has 0 saturated carbocycles. The zero-order valence-electron chi connectivity index (χ0n) is 22.2. The average Bonchev–Trinajstić information content (AvgIpc) is 3.71. The summed E-state index contributed by atoms with van der Waals surface area (Å²) in [6.07, 6.45) is -0.248. The second kappa shape index (κ2) is 12.2. The summed E-state index contributed by atoms with van der Waals surface area (Å²) in [7, 11) is 0. The Morgan fingerprint density at radius 2 is 1.89 bits per heavy atom. The molecule has 238 valence electrons. The molecule has 0 spiro atoms. The lowest BCUT2D eigenvalue weighted by molar-refractivity contribution is -0.0333. The molecule has 0 amide bonds. The largest absolute Gasteiger partial charge is 0.386 e. The molecule has 0 bridgehead atoms. The fourth-order valence-corrected chi connectivity index (χ4v) is 8.69. The molecule has 2 aliphatic rings. The SMILES string of the molecule is Nc1nc2c(ncn2[C@@H]2S[C@H](COP(O)(O)=S)C[C@H]2OP(=O)(S)OC[C@@H]2C[C@H](F)[C@H](n3cnc4c(N)ncnc43)O2)c(=O)[nH]1. The lowest BCUT2D eigenvalue weighted by Gasteiger charge is -2.24. The number of fused-ring (bicyclic) bond motifs is 2. The van der Waals surface area contributed by atoms with Gasteiger partial charge in [-0.1, -0.05) is 12.2 Å². The van der Waals surface area contributed by atoms with E-state index in [1.807, 2.05) is 0 Å². The van der Waals surface area contributed by atoms with Crippen molar-refractivity contribution in [2.45, 2.75) is 48.1 Å². The summed E-state index contributed by atoms with van der Waals surface area (Å²) in [6, 6.07) is 0. The lowest BCUT2D eigenvalue weighted by Crippen LogP contribution is -2.21. The van der Waals surface area contributed by atoms with Gasteiger partial charge in [0.1, 0.15) is 23.4 Å². The number of halogens is 1. The predicted molar refractivity (Wildman–Crippen MR) is 163 cm³/mol. The third kappa shape index (κ3) is 6.66. The Morgan fingerprint density at radius 1 is 1.14 bits per heavy atom. The van der Waals surface area contributed by atoms with Crippen LogP contribution in [0.15, 0.2) is 23.8 Å². The second-order valence-corrected chi connectivity index (χ2v) is 16.8. The highest BCUT2D eigenvalue weighted by Crippen LogP contribution is 2.59. The number of nitrogen functional groups attached to an aromatic ring is 2. The first-order valence-electron chi connectivity index (χ1n) is 12.7. The number of ether oxygens (including phenoxy) is 1. The third-order valence-electron chi connectivity index (χ3n) is 6.78. The normalized spacial score (nSPS) is 27.4. The molecule has 7 atom stereocenters. The highest BCUT2D eigenvalue weighted by molar-refractivity contribution is 8.44. The highest BCUT2D eigenvalue weighted by Gasteiger charge is 2.44. The predicted octanol–water partition coefficient (Wildman–Crippen LogP) is 1.42. The van der Waals surface area contributed by atoms with Crippen molar-refractivity contribution in [2.75, 3.05) is 24.7 Å². The first kappa shape index (κ1) is 31.7. The average molecular weight is 711 g/mol. The second-order valence-electron chi connectivity index (χ2n) is 9.84. The van der Waals surface area contributed by atoms with E-state index in [4.69, 9.17) is 29.8 Å². The number of hydrogen-bond acceptors (Lipinski definition) is 15. The number of rotatable bonds is 10. The number of anilines is 2. The fraction of sp³-hybridized carbons (Fsp3) is 0.500. The number of imidazole rings is 2. The molecule has 18 nitrogen and oxygen atoms in total. The molecule has 7 N–H and O–H groups in total. The summed E-state index contributed by atoms with van der Waals surface area (Å²) >= 11 is 9.93. The fourth-order valence-electron chi connectivity index (χ4n) is 4.96. The summed E-state index contributed by atoms with van der Waals surface area (Å²) in [5.41, 5.74) is 11.7. The molecular formula is C20H25FN10O8P2S3. The van der Waals surface area contributed by atoms with E-state index in [1.54, 1.807) is 0 Å². The number of thiol groups is 1. The maximum Gasteiger partial charge on any atom is 0.386 e. The van der Waals surface area contributed by atoms with Gasteiger partial charge in [-0.25, -0.2) is 28.9 Å². The molecule has 44 heavy (non-hydrogen) atoms. The van der Waals surface area contributed by atoms with Crippen molar-refractivity contribution < 1.29 is 37.1 Å². The van der Waals surface area contributed by atoms with Crippen molar-refractivity contribution >= 4 is 83.4 Å². The van der Waals surface area contributed by atoms with Gasteiger partial charge in [0.15, 0.2) is 28.9 Å². The lowest BCUT2D eigenvalue weighted by atomic mass is 10.2. The minimum atomic E-state index is -4.11. The monoisotopic (exact) mass is 710 g/mol. The van der Waals surface area contributed by atoms with Gasteiger partial charge >= 0.3 is 13.5 Å². The van der Waals surface area contributed by atoms with E-state index in [0.29, 0.717) is 11.2 Å². The van der Waals surface area contributed by atoms with Crippen LogP contribution in [0.1, 0.15) is 24.4 Å². The number of alkyl halides is 1. The van der Waals surface area contributed by atoms with Crippen LogP contribution in [0.4, 0.5) is 16.2 Å². The van der Waals surface area contributed by atoms with Crippen LogP contribution in [0.25, 0.3) is 22.3 Å². The van der Waals surface area contributed by atoms with E-state index in [0.717, 1.165) is 0 Å². The topological polar surface area (TPSA) is 254 Å². The molecule has 2 saturated heterocycles. The van der Waals surface area contributed by atoms with E-state index >= 15 is 4.39 Å². The van der Waals surface area contributed by atoms with Gasteiger partial charge in [-0.05, 0) is 18.2 Å². The van der Waals surface area contributed by atoms with Crippen LogP contribution in [-0.4, -0.2) is 85.7 Å². The van der Waals surface area contributed by atoms with Gasteiger partial charge in [0, 0.05) is 11.7 Å². The molecule has 6 rings (SSSR count). The maximum atomic E-state index is 15.0. The van der Waals surface area contributed by atoms with Gasteiger partial charge in [-0.15, -0.1) is 11.8 Å². The molecule has 2 fully saturated rings.